The van der Waals surface area contributed by atoms with Gasteiger partial charge in [0, 0.05) is 30.3 Å². The van der Waals surface area contributed by atoms with E-state index in [-0.39, 0.29) is 10.9 Å². The van der Waals surface area contributed by atoms with Gasteiger partial charge in [-0.2, -0.15) is 0 Å². The minimum absolute atomic E-state index is 0.269. The number of hydrogen-bond donors (Lipinski definition) is 1. The molecular formula is C23H30N4O3S. The number of nitrogens with zero attached hydrogens (tertiary/aromatic N) is 3. The molecule has 2 aromatic heterocycles. The molecule has 0 saturated heterocycles. The van der Waals surface area contributed by atoms with E-state index < -0.39 is 10.0 Å². The molecule has 0 bridgehead atoms. The van der Waals surface area contributed by atoms with E-state index in [1.165, 1.54) is 12.0 Å². The van der Waals surface area contributed by atoms with Gasteiger partial charge in [-0.25, -0.2) is 13.1 Å². The van der Waals surface area contributed by atoms with Gasteiger partial charge in [-0.3, -0.25) is 0 Å². The summed E-state index contributed by atoms with van der Waals surface area (Å²) in [6, 6.07) is 7.66. The van der Waals surface area contributed by atoms with Crippen LogP contribution in [0.1, 0.15) is 73.3 Å². The van der Waals surface area contributed by atoms with Gasteiger partial charge in [0.25, 0.3) is 5.89 Å². The molecule has 8 heteroatoms. The van der Waals surface area contributed by atoms with Crippen LogP contribution < -0.4 is 4.72 Å². The molecule has 1 fully saturated rings. The van der Waals surface area contributed by atoms with Crippen molar-refractivity contribution in [1.82, 2.24) is 19.5 Å². The molecule has 31 heavy (non-hydrogen) atoms. The number of aromatic nitrogens is 3. The summed E-state index contributed by atoms with van der Waals surface area (Å²) < 4.78 is 37.3. The van der Waals surface area contributed by atoms with E-state index >= 15 is 0 Å². The van der Waals surface area contributed by atoms with Crippen LogP contribution in [0.4, 0.5) is 0 Å². The number of benzene rings is 1. The van der Waals surface area contributed by atoms with Crippen molar-refractivity contribution in [2.45, 2.75) is 70.2 Å². The molecular weight excluding hydrogens is 412 g/mol. The van der Waals surface area contributed by atoms with Crippen LogP contribution in [0.2, 0.25) is 0 Å². The molecule has 1 aliphatic carbocycles. The lowest BCUT2D eigenvalue weighted by Crippen LogP contribution is -2.27. The lowest BCUT2D eigenvalue weighted by Gasteiger charge is -2.20. The fourth-order valence-corrected chi connectivity index (χ4v) is 5.95. The fourth-order valence-electron chi connectivity index (χ4n) is 4.20. The number of aryl methyl sites for hydroxylation is 1. The molecule has 0 unspecified atom stereocenters. The van der Waals surface area contributed by atoms with Crippen molar-refractivity contribution in [2.24, 2.45) is 7.05 Å². The predicted molar refractivity (Wildman–Crippen MR) is 119 cm³/mol. The summed E-state index contributed by atoms with van der Waals surface area (Å²) in [7, 11) is -1.93. The summed E-state index contributed by atoms with van der Waals surface area (Å²) in [4.78, 5) is 0.269. The number of hydrogen-bond acceptors (Lipinski definition) is 5. The summed E-state index contributed by atoms with van der Waals surface area (Å²) in [6.45, 7) is 7.55. The zero-order chi connectivity index (χ0) is 22.3. The van der Waals surface area contributed by atoms with Gasteiger partial charge in [0.2, 0.25) is 15.9 Å². The summed E-state index contributed by atoms with van der Waals surface area (Å²) in [5.74, 6) is 1.34. The van der Waals surface area contributed by atoms with Gasteiger partial charge in [0.15, 0.2) is 0 Å². The highest BCUT2D eigenvalue weighted by atomic mass is 32.2. The Bertz CT molecular complexity index is 1190. The van der Waals surface area contributed by atoms with Crippen molar-refractivity contribution in [3.8, 4) is 11.6 Å². The largest absolute Gasteiger partial charge is 0.419 e. The first-order chi connectivity index (χ1) is 14.7. The Morgan fingerprint density at radius 1 is 1.19 bits per heavy atom. The smallest absolute Gasteiger partial charge is 0.264 e. The molecule has 0 radical (unpaired) electrons. The molecule has 1 saturated carbocycles. The Labute approximate surface area is 183 Å². The SMILES string of the molecule is CCc1ccc([C@H](C)NS(=O)(=O)c2c(C)c(-c3nnc(C4CCC4)o3)n(C)c2C)cc1. The van der Waals surface area contributed by atoms with Crippen LogP contribution in [0.3, 0.4) is 0 Å². The first kappa shape index (κ1) is 21.8. The van der Waals surface area contributed by atoms with Crippen LogP contribution in [-0.4, -0.2) is 23.2 Å². The monoisotopic (exact) mass is 442 g/mol. The lowest BCUT2D eigenvalue weighted by atomic mass is 9.85. The molecule has 0 spiro atoms. The Morgan fingerprint density at radius 3 is 2.45 bits per heavy atom. The van der Waals surface area contributed by atoms with Crippen molar-refractivity contribution >= 4 is 10.0 Å². The third kappa shape index (κ3) is 3.94. The van der Waals surface area contributed by atoms with E-state index in [9.17, 15) is 8.42 Å². The summed E-state index contributed by atoms with van der Waals surface area (Å²) in [5, 5.41) is 8.42. The minimum atomic E-state index is -3.76. The van der Waals surface area contributed by atoms with Crippen LogP contribution in [0.5, 0.6) is 0 Å². The van der Waals surface area contributed by atoms with E-state index in [0.29, 0.717) is 34.7 Å². The molecule has 4 rings (SSSR count). The zero-order valence-corrected chi connectivity index (χ0v) is 19.6. The summed E-state index contributed by atoms with van der Waals surface area (Å²) >= 11 is 0. The molecule has 1 atom stereocenters. The summed E-state index contributed by atoms with van der Waals surface area (Å²) in [6.07, 6.45) is 4.25. The second-order valence-corrected chi connectivity index (χ2v) is 10.1. The molecule has 1 N–H and O–H groups in total. The summed E-state index contributed by atoms with van der Waals surface area (Å²) in [5.41, 5.74) is 4.05. The first-order valence-electron chi connectivity index (χ1n) is 10.8. The van der Waals surface area contributed by atoms with Crippen molar-refractivity contribution in [3.05, 3.63) is 52.5 Å². The first-order valence-corrected chi connectivity index (χ1v) is 12.3. The van der Waals surface area contributed by atoms with Gasteiger partial charge in [-0.05, 0) is 51.2 Å². The van der Waals surface area contributed by atoms with Crippen molar-refractivity contribution in [1.29, 1.82) is 0 Å². The van der Waals surface area contributed by atoms with Crippen molar-refractivity contribution < 1.29 is 12.8 Å². The van der Waals surface area contributed by atoms with E-state index in [4.69, 9.17) is 4.42 Å². The predicted octanol–water partition coefficient (Wildman–Crippen LogP) is 4.56. The van der Waals surface area contributed by atoms with Gasteiger partial charge in [0.05, 0.1) is 0 Å². The normalized spacial score (nSPS) is 15.8. The van der Waals surface area contributed by atoms with Crippen LogP contribution in [0.15, 0.2) is 33.6 Å². The Kier molecular flexibility index (Phi) is 5.79. The van der Waals surface area contributed by atoms with Crippen molar-refractivity contribution in [2.75, 3.05) is 0 Å². The van der Waals surface area contributed by atoms with E-state index in [2.05, 4.69) is 21.8 Å². The quantitative estimate of drug-likeness (QED) is 0.579. The number of nitrogens with one attached hydrogen (secondary N) is 1. The van der Waals surface area contributed by atoms with Gasteiger partial charge in [0.1, 0.15) is 10.6 Å². The maximum absolute atomic E-state index is 13.4. The van der Waals surface area contributed by atoms with E-state index in [0.717, 1.165) is 24.8 Å². The van der Waals surface area contributed by atoms with Gasteiger partial charge in [-0.15, -0.1) is 10.2 Å². The average molecular weight is 443 g/mol. The second-order valence-electron chi connectivity index (χ2n) is 8.46. The van der Waals surface area contributed by atoms with Gasteiger partial charge >= 0.3 is 0 Å². The standard InChI is InChI=1S/C23H30N4O3S/c1-6-17-10-12-18(13-11-17)15(3)26-31(28,29)21-14(2)20(27(5)16(21)4)23-25-24-22(30-23)19-8-7-9-19/h10-13,15,19,26H,6-9H2,1-5H3/t15-/m0/s1. The lowest BCUT2D eigenvalue weighted by molar-refractivity contribution is 0.337. The minimum Gasteiger partial charge on any atom is -0.419 e. The Hall–Kier alpha value is -2.45. The molecule has 0 aliphatic heterocycles. The van der Waals surface area contributed by atoms with Crippen molar-refractivity contribution in [3.63, 3.8) is 0 Å². The maximum atomic E-state index is 13.4. The molecule has 2 heterocycles. The molecule has 0 amide bonds. The highest BCUT2D eigenvalue weighted by molar-refractivity contribution is 7.89. The fraction of sp³-hybridized carbons (Fsp3) is 0.478. The van der Waals surface area contributed by atoms with Crippen LogP contribution >= 0.6 is 0 Å². The molecule has 166 valence electrons. The second kappa shape index (κ2) is 8.24. The number of sulfonamides is 1. The van der Waals surface area contributed by atoms with E-state index in [1.54, 1.807) is 13.8 Å². The Balaban J connectivity index is 1.65. The highest BCUT2D eigenvalue weighted by Gasteiger charge is 2.31. The van der Waals surface area contributed by atoms with Crippen LogP contribution in [0, 0.1) is 13.8 Å². The van der Waals surface area contributed by atoms with Crippen LogP contribution in [0.25, 0.3) is 11.6 Å². The highest BCUT2D eigenvalue weighted by Crippen LogP contribution is 2.38. The number of rotatable bonds is 7. The van der Waals surface area contributed by atoms with Gasteiger partial charge < -0.3 is 8.98 Å². The molecule has 1 aliphatic rings. The molecule has 1 aromatic carbocycles. The molecule has 3 aromatic rings. The average Bonchev–Trinajstić information content (AvgIpc) is 3.23. The van der Waals surface area contributed by atoms with E-state index in [1.807, 2.05) is 42.8 Å². The maximum Gasteiger partial charge on any atom is 0.264 e. The Morgan fingerprint density at radius 2 is 1.87 bits per heavy atom. The van der Waals surface area contributed by atoms with Gasteiger partial charge in [-0.1, -0.05) is 37.6 Å². The van der Waals surface area contributed by atoms with Crippen LogP contribution in [-0.2, 0) is 23.5 Å². The third-order valence-electron chi connectivity index (χ3n) is 6.45. The third-order valence-corrected chi connectivity index (χ3v) is 8.25. The topological polar surface area (TPSA) is 90.0 Å². The zero-order valence-electron chi connectivity index (χ0n) is 18.8. The molecule has 7 nitrogen and oxygen atoms in total.